The Balaban J connectivity index is 1.68. The standard InChI is InChI=1S/C9H11N5O/c1-3-11-6-12-8(1)5-10-4-2-9-13-7-14-15-9/h1,3,6-7,10H,2,4-5H2. The molecule has 0 saturated carbocycles. The Labute approximate surface area is 86.8 Å². The van der Waals surface area contributed by atoms with Gasteiger partial charge in [-0.1, -0.05) is 5.16 Å². The summed E-state index contributed by atoms with van der Waals surface area (Å²) in [5.74, 6) is 0.644. The van der Waals surface area contributed by atoms with Gasteiger partial charge in [-0.15, -0.1) is 0 Å². The van der Waals surface area contributed by atoms with Gasteiger partial charge >= 0.3 is 0 Å². The van der Waals surface area contributed by atoms with Crippen molar-refractivity contribution in [2.75, 3.05) is 6.54 Å². The van der Waals surface area contributed by atoms with Crippen molar-refractivity contribution in [2.24, 2.45) is 0 Å². The van der Waals surface area contributed by atoms with Crippen LogP contribution in [0.15, 0.2) is 29.4 Å². The molecule has 0 bridgehead atoms. The normalized spacial score (nSPS) is 10.4. The second kappa shape index (κ2) is 5.16. The van der Waals surface area contributed by atoms with Crippen LogP contribution in [0.3, 0.4) is 0 Å². The van der Waals surface area contributed by atoms with Crippen LogP contribution in [0.25, 0.3) is 0 Å². The summed E-state index contributed by atoms with van der Waals surface area (Å²) in [4.78, 5) is 11.8. The molecule has 2 rings (SSSR count). The molecule has 6 nitrogen and oxygen atoms in total. The maximum Gasteiger partial charge on any atom is 0.227 e. The van der Waals surface area contributed by atoms with Gasteiger partial charge in [0.1, 0.15) is 6.33 Å². The van der Waals surface area contributed by atoms with E-state index in [9.17, 15) is 0 Å². The van der Waals surface area contributed by atoms with Gasteiger partial charge in [-0.3, -0.25) is 0 Å². The minimum Gasteiger partial charge on any atom is -0.340 e. The lowest BCUT2D eigenvalue weighted by Gasteiger charge is -2.00. The van der Waals surface area contributed by atoms with Crippen molar-refractivity contribution in [3.63, 3.8) is 0 Å². The van der Waals surface area contributed by atoms with Crippen molar-refractivity contribution in [2.45, 2.75) is 13.0 Å². The highest BCUT2D eigenvalue weighted by Gasteiger charge is 1.98. The molecule has 15 heavy (non-hydrogen) atoms. The van der Waals surface area contributed by atoms with E-state index in [-0.39, 0.29) is 0 Å². The average molecular weight is 205 g/mol. The molecule has 0 radical (unpaired) electrons. The number of aromatic nitrogens is 4. The van der Waals surface area contributed by atoms with Crippen LogP contribution in [0.2, 0.25) is 0 Å². The van der Waals surface area contributed by atoms with E-state index in [0.29, 0.717) is 5.89 Å². The van der Waals surface area contributed by atoms with Gasteiger partial charge in [0.25, 0.3) is 0 Å². The van der Waals surface area contributed by atoms with Gasteiger partial charge in [0.15, 0.2) is 6.33 Å². The molecule has 0 atom stereocenters. The fourth-order valence-corrected chi connectivity index (χ4v) is 1.14. The summed E-state index contributed by atoms with van der Waals surface area (Å²) in [6.07, 6.45) is 5.39. The Morgan fingerprint density at radius 1 is 1.27 bits per heavy atom. The number of hydrogen-bond donors (Lipinski definition) is 1. The van der Waals surface area contributed by atoms with E-state index in [2.05, 4.69) is 25.4 Å². The molecule has 0 unspecified atom stereocenters. The van der Waals surface area contributed by atoms with Crippen molar-refractivity contribution >= 4 is 0 Å². The van der Waals surface area contributed by atoms with Crippen LogP contribution in [0, 0.1) is 0 Å². The van der Waals surface area contributed by atoms with Crippen LogP contribution in [-0.2, 0) is 13.0 Å². The van der Waals surface area contributed by atoms with Crippen LogP contribution in [0.5, 0.6) is 0 Å². The van der Waals surface area contributed by atoms with Crippen LogP contribution in [0.4, 0.5) is 0 Å². The molecule has 0 amide bonds. The predicted octanol–water partition coefficient (Wildman–Crippen LogP) is 0.192. The Kier molecular flexibility index (Phi) is 3.34. The van der Waals surface area contributed by atoms with E-state index in [4.69, 9.17) is 4.52 Å². The second-order valence-corrected chi connectivity index (χ2v) is 2.96. The second-order valence-electron chi connectivity index (χ2n) is 2.96. The quantitative estimate of drug-likeness (QED) is 0.702. The monoisotopic (exact) mass is 205 g/mol. The first-order chi connectivity index (χ1) is 7.45. The Hall–Kier alpha value is -1.82. The summed E-state index contributed by atoms with van der Waals surface area (Å²) in [6, 6.07) is 1.87. The molecule has 0 aromatic carbocycles. The molecular weight excluding hydrogens is 194 g/mol. The smallest absolute Gasteiger partial charge is 0.227 e. The summed E-state index contributed by atoms with van der Waals surface area (Å²) in [5, 5.41) is 6.75. The molecular formula is C9H11N5O. The lowest BCUT2D eigenvalue weighted by atomic mass is 10.3. The highest BCUT2D eigenvalue weighted by atomic mass is 16.5. The maximum absolute atomic E-state index is 4.86. The molecule has 78 valence electrons. The van der Waals surface area contributed by atoms with Gasteiger partial charge < -0.3 is 9.84 Å². The fourth-order valence-electron chi connectivity index (χ4n) is 1.14. The number of rotatable bonds is 5. The third-order valence-electron chi connectivity index (χ3n) is 1.87. The highest BCUT2D eigenvalue weighted by Crippen LogP contribution is 1.92. The first-order valence-electron chi connectivity index (χ1n) is 4.66. The minimum atomic E-state index is 0.644. The molecule has 0 aliphatic heterocycles. The lowest BCUT2D eigenvalue weighted by Crippen LogP contribution is -2.17. The first kappa shape index (κ1) is 9.72. The van der Waals surface area contributed by atoms with E-state index in [0.717, 1.165) is 25.2 Å². The van der Waals surface area contributed by atoms with Crippen molar-refractivity contribution in [3.05, 3.63) is 36.5 Å². The van der Waals surface area contributed by atoms with Gasteiger partial charge in [0, 0.05) is 25.7 Å². The molecule has 6 heteroatoms. The molecule has 2 aromatic rings. The zero-order valence-corrected chi connectivity index (χ0v) is 8.13. The summed E-state index contributed by atoms with van der Waals surface area (Å²) in [5.41, 5.74) is 0.968. The molecule has 0 spiro atoms. The van der Waals surface area contributed by atoms with E-state index in [1.807, 2.05) is 6.07 Å². The Morgan fingerprint density at radius 3 is 3.00 bits per heavy atom. The minimum absolute atomic E-state index is 0.644. The van der Waals surface area contributed by atoms with Crippen LogP contribution in [-0.4, -0.2) is 26.7 Å². The molecule has 0 aliphatic rings. The van der Waals surface area contributed by atoms with E-state index >= 15 is 0 Å². The van der Waals surface area contributed by atoms with E-state index < -0.39 is 0 Å². The van der Waals surface area contributed by atoms with Crippen LogP contribution in [0.1, 0.15) is 11.6 Å². The molecule has 2 heterocycles. The van der Waals surface area contributed by atoms with Gasteiger partial charge in [-0.05, 0) is 6.07 Å². The summed E-state index contributed by atoms with van der Waals surface area (Å²) < 4.78 is 4.86. The third-order valence-corrected chi connectivity index (χ3v) is 1.87. The molecule has 0 aliphatic carbocycles. The summed E-state index contributed by atoms with van der Waals surface area (Å²) in [7, 11) is 0. The zero-order chi connectivity index (χ0) is 10.3. The zero-order valence-electron chi connectivity index (χ0n) is 8.13. The first-order valence-corrected chi connectivity index (χ1v) is 4.66. The molecule has 2 aromatic heterocycles. The topological polar surface area (TPSA) is 76.7 Å². The van der Waals surface area contributed by atoms with Gasteiger partial charge in [-0.2, -0.15) is 4.98 Å². The SMILES string of the molecule is c1cc(CNCCc2ncno2)ncn1. The van der Waals surface area contributed by atoms with Crippen LogP contribution >= 0.6 is 0 Å². The largest absolute Gasteiger partial charge is 0.340 e. The molecule has 0 fully saturated rings. The number of hydrogen-bond acceptors (Lipinski definition) is 6. The van der Waals surface area contributed by atoms with Crippen molar-refractivity contribution in [3.8, 4) is 0 Å². The number of nitrogens with one attached hydrogen (secondary N) is 1. The molecule has 0 saturated heterocycles. The maximum atomic E-state index is 4.86. The number of nitrogens with zero attached hydrogens (tertiary/aromatic N) is 4. The average Bonchev–Trinajstić information content (AvgIpc) is 2.79. The lowest BCUT2D eigenvalue weighted by molar-refractivity contribution is 0.374. The van der Waals surface area contributed by atoms with Crippen molar-refractivity contribution in [1.82, 2.24) is 25.4 Å². The van der Waals surface area contributed by atoms with Crippen molar-refractivity contribution < 1.29 is 4.52 Å². The Bertz CT molecular complexity index is 375. The highest BCUT2D eigenvalue weighted by molar-refractivity contribution is 4.96. The Morgan fingerprint density at radius 2 is 2.27 bits per heavy atom. The van der Waals surface area contributed by atoms with Gasteiger partial charge in [-0.25, -0.2) is 9.97 Å². The van der Waals surface area contributed by atoms with E-state index in [1.54, 1.807) is 6.20 Å². The van der Waals surface area contributed by atoms with E-state index in [1.165, 1.54) is 12.7 Å². The van der Waals surface area contributed by atoms with Crippen molar-refractivity contribution in [1.29, 1.82) is 0 Å². The third kappa shape index (κ3) is 3.10. The summed E-state index contributed by atoms with van der Waals surface area (Å²) >= 11 is 0. The van der Waals surface area contributed by atoms with Gasteiger partial charge in [0.05, 0.1) is 5.69 Å². The fraction of sp³-hybridized carbons (Fsp3) is 0.333. The van der Waals surface area contributed by atoms with Crippen LogP contribution < -0.4 is 5.32 Å². The summed E-state index contributed by atoms with van der Waals surface area (Å²) in [6.45, 7) is 1.50. The predicted molar refractivity (Wildman–Crippen MR) is 51.7 cm³/mol. The molecule has 1 N–H and O–H groups in total. The van der Waals surface area contributed by atoms with Gasteiger partial charge in [0.2, 0.25) is 5.89 Å².